The molecule has 0 aliphatic rings. The SMILES string of the molecule is c1ccc([C@@H](NCc2ccc(OCc3ccncc3)cc2)c2ccccn2)cc1. The van der Waals surface area contributed by atoms with Crippen LogP contribution in [0, 0.1) is 0 Å². The third kappa shape index (κ3) is 5.27. The van der Waals surface area contributed by atoms with E-state index in [0.29, 0.717) is 6.61 Å². The van der Waals surface area contributed by atoms with Gasteiger partial charge in [0.1, 0.15) is 12.4 Å². The van der Waals surface area contributed by atoms with Crippen LogP contribution in [0.25, 0.3) is 0 Å². The zero-order valence-corrected chi connectivity index (χ0v) is 16.1. The highest BCUT2D eigenvalue weighted by atomic mass is 16.5. The first-order chi connectivity index (χ1) is 14.4. The van der Waals surface area contributed by atoms with Gasteiger partial charge in [0.2, 0.25) is 0 Å². The first-order valence-corrected chi connectivity index (χ1v) is 9.68. The quantitative estimate of drug-likeness (QED) is 0.470. The van der Waals surface area contributed by atoms with Crippen molar-refractivity contribution in [3.63, 3.8) is 0 Å². The predicted octanol–water partition coefficient (Wildman–Crippen LogP) is 4.93. The fraction of sp³-hybridized carbons (Fsp3) is 0.120. The van der Waals surface area contributed by atoms with E-state index in [1.807, 2.05) is 48.7 Å². The summed E-state index contributed by atoms with van der Waals surface area (Å²) in [5.41, 5.74) is 4.50. The lowest BCUT2D eigenvalue weighted by molar-refractivity contribution is 0.306. The molecule has 144 valence electrons. The van der Waals surface area contributed by atoms with E-state index in [2.05, 4.69) is 57.7 Å². The molecule has 0 saturated heterocycles. The largest absolute Gasteiger partial charge is 0.489 e. The van der Waals surface area contributed by atoms with E-state index in [1.54, 1.807) is 12.4 Å². The maximum absolute atomic E-state index is 5.85. The maximum atomic E-state index is 5.85. The van der Waals surface area contributed by atoms with Gasteiger partial charge in [-0.05, 0) is 53.1 Å². The molecule has 1 N–H and O–H groups in total. The van der Waals surface area contributed by atoms with Crippen LogP contribution < -0.4 is 10.1 Å². The molecule has 4 nitrogen and oxygen atoms in total. The van der Waals surface area contributed by atoms with E-state index in [1.165, 1.54) is 11.1 Å². The van der Waals surface area contributed by atoms with Gasteiger partial charge in [-0.1, -0.05) is 48.5 Å². The Balaban J connectivity index is 1.40. The third-order valence-corrected chi connectivity index (χ3v) is 4.70. The predicted molar refractivity (Wildman–Crippen MR) is 114 cm³/mol. The summed E-state index contributed by atoms with van der Waals surface area (Å²) in [5.74, 6) is 0.856. The van der Waals surface area contributed by atoms with E-state index in [4.69, 9.17) is 4.74 Å². The monoisotopic (exact) mass is 381 g/mol. The molecule has 2 aromatic heterocycles. The van der Waals surface area contributed by atoms with Crippen molar-refractivity contribution in [2.45, 2.75) is 19.2 Å². The van der Waals surface area contributed by atoms with Crippen molar-refractivity contribution in [2.75, 3.05) is 0 Å². The Labute approximate surface area is 171 Å². The van der Waals surface area contributed by atoms with Crippen molar-refractivity contribution in [3.8, 4) is 5.75 Å². The molecule has 0 aliphatic carbocycles. The molecule has 0 aliphatic heterocycles. The number of nitrogens with one attached hydrogen (secondary N) is 1. The lowest BCUT2D eigenvalue weighted by Gasteiger charge is -2.19. The summed E-state index contributed by atoms with van der Waals surface area (Å²) in [5, 5.41) is 3.64. The molecule has 0 radical (unpaired) electrons. The van der Waals surface area contributed by atoms with E-state index >= 15 is 0 Å². The number of benzene rings is 2. The highest BCUT2D eigenvalue weighted by Gasteiger charge is 2.14. The van der Waals surface area contributed by atoms with Crippen LogP contribution in [0.2, 0.25) is 0 Å². The molecule has 0 saturated carbocycles. The summed E-state index contributed by atoms with van der Waals surface area (Å²) in [6.45, 7) is 1.27. The summed E-state index contributed by atoms with van der Waals surface area (Å²) in [6.07, 6.45) is 5.39. The Hall–Kier alpha value is -3.50. The van der Waals surface area contributed by atoms with Crippen LogP contribution in [0.3, 0.4) is 0 Å². The molecule has 0 fully saturated rings. The normalized spacial score (nSPS) is 11.7. The van der Waals surface area contributed by atoms with Crippen molar-refractivity contribution in [1.29, 1.82) is 0 Å². The number of pyridine rings is 2. The van der Waals surface area contributed by atoms with Gasteiger partial charge in [-0.3, -0.25) is 9.97 Å². The summed E-state index contributed by atoms with van der Waals surface area (Å²) in [7, 11) is 0. The van der Waals surface area contributed by atoms with Gasteiger partial charge in [-0.15, -0.1) is 0 Å². The minimum Gasteiger partial charge on any atom is -0.489 e. The summed E-state index contributed by atoms with van der Waals surface area (Å²) in [6, 6.07) is 28.6. The molecular weight excluding hydrogens is 358 g/mol. The molecule has 4 aromatic rings. The second kappa shape index (κ2) is 9.62. The van der Waals surface area contributed by atoms with Gasteiger partial charge in [0.15, 0.2) is 0 Å². The average Bonchev–Trinajstić information content (AvgIpc) is 2.81. The van der Waals surface area contributed by atoms with Crippen molar-refractivity contribution in [2.24, 2.45) is 0 Å². The Bertz CT molecular complexity index is 951. The van der Waals surface area contributed by atoms with Gasteiger partial charge in [0.25, 0.3) is 0 Å². The number of hydrogen-bond acceptors (Lipinski definition) is 4. The van der Waals surface area contributed by atoms with Crippen LogP contribution in [-0.2, 0) is 13.2 Å². The topological polar surface area (TPSA) is 47.0 Å². The molecule has 0 amide bonds. The molecule has 0 spiro atoms. The molecule has 1 atom stereocenters. The average molecular weight is 381 g/mol. The smallest absolute Gasteiger partial charge is 0.119 e. The van der Waals surface area contributed by atoms with Gasteiger partial charge < -0.3 is 10.1 Å². The van der Waals surface area contributed by atoms with Crippen molar-refractivity contribution >= 4 is 0 Å². The molecular formula is C25H23N3O. The maximum Gasteiger partial charge on any atom is 0.119 e. The van der Waals surface area contributed by atoms with E-state index in [9.17, 15) is 0 Å². The zero-order chi connectivity index (χ0) is 19.7. The standard InChI is InChI=1S/C25H23N3O/c1-2-6-22(7-3-1)25(24-8-4-5-15-27-24)28-18-20-9-11-23(12-10-20)29-19-21-13-16-26-17-14-21/h1-17,25,28H,18-19H2/t25-/m1/s1. The van der Waals surface area contributed by atoms with Crippen LogP contribution in [0.1, 0.15) is 28.4 Å². The molecule has 2 aromatic carbocycles. The number of rotatable bonds is 8. The number of ether oxygens (including phenoxy) is 1. The van der Waals surface area contributed by atoms with Crippen LogP contribution in [-0.4, -0.2) is 9.97 Å². The number of aromatic nitrogens is 2. The fourth-order valence-electron chi connectivity index (χ4n) is 3.15. The highest BCUT2D eigenvalue weighted by molar-refractivity contribution is 5.30. The lowest BCUT2D eigenvalue weighted by atomic mass is 10.0. The minimum absolute atomic E-state index is 0.0417. The van der Waals surface area contributed by atoms with E-state index < -0.39 is 0 Å². The van der Waals surface area contributed by atoms with Gasteiger partial charge in [-0.25, -0.2) is 0 Å². The van der Waals surface area contributed by atoms with Gasteiger partial charge in [0, 0.05) is 25.1 Å². The molecule has 29 heavy (non-hydrogen) atoms. The molecule has 0 unspecified atom stereocenters. The van der Waals surface area contributed by atoms with Crippen molar-refractivity contribution < 1.29 is 4.74 Å². The van der Waals surface area contributed by atoms with Crippen LogP contribution in [0.5, 0.6) is 5.75 Å². The van der Waals surface area contributed by atoms with Gasteiger partial charge in [-0.2, -0.15) is 0 Å². The Morgan fingerprint density at radius 2 is 1.48 bits per heavy atom. The number of nitrogens with zero attached hydrogens (tertiary/aromatic N) is 2. The van der Waals surface area contributed by atoms with Crippen molar-refractivity contribution in [3.05, 3.63) is 126 Å². The molecule has 4 heteroatoms. The fourth-order valence-corrected chi connectivity index (χ4v) is 3.15. The van der Waals surface area contributed by atoms with Crippen LogP contribution in [0.4, 0.5) is 0 Å². The Morgan fingerprint density at radius 1 is 0.724 bits per heavy atom. The molecule has 4 rings (SSSR count). The van der Waals surface area contributed by atoms with Crippen LogP contribution >= 0.6 is 0 Å². The second-order valence-electron chi connectivity index (χ2n) is 6.77. The molecule has 0 bridgehead atoms. The summed E-state index contributed by atoms with van der Waals surface area (Å²) < 4.78 is 5.85. The Morgan fingerprint density at radius 3 is 2.21 bits per heavy atom. The molecule has 2 heterocycles. The Kier molecular flexibility index (Phi) is 6.25. The van der Waals surface area contributed by atoms with Gasteiger partial charge >= 0.3 is 0 Å². The summed E-state index contributed by atoms with van der Waals surface area (Å²) >= 11 is 0. The van der Waals surface area contributed by atoms with Crippen molar-refractivity contribution in [1.82, 2.24) is 15.3 Å². The zero-order valence-electron chi connectivity index (χ0n) is 16.1. The number of hydrogen-bond donors (Lipinski definition) is 1. The minimum atomic E-state index is 0.0417. The lowest BCUT2D eigenvalue weighted by Crippen LogP contribution is -2.22. The second-order valence-corrected chi connectivity index (χ2v) is 6.77. The first-order valence-electron chi connectivity index (χ1n) is 9.68. The highest BCUT2D eigenvalue weighted by Crippen LogP contribution is 2.21. The third-order valence-electron chi connectivity index (χ3n) is 4.70. The first kappa shape index (κ1) is 18.8. The van der Waals surface area contributed by atoms with Crippen LogP contribution in [0.15, 0.2) is 104 Å². The van der Waals surface area contributed by atoms with E-state index in [0.717, 1.165) is 23.6 Å². The summed E-state index contributed by atoms with van der Waals surface area (Å²) in [4.78, 5) is 8.57. The van der Waals surface area contributed by atoms with Gasteiger partial charge in [0.05, 0.1) is 11.7 Å². The van der Waals surface area contributed by atoms with E-state index in [-0.39, 0.29) is 6.04 Å².